The van der Waals surface area contributed by atoms with Crippen molar-refractivity contribution in [2.75, 3.05) is 25.6 Å². The van der Waals surface area contributed by atoms with E-state index in [0.717, 1.165) is 6.07 Å². The van der Waals surface area contributed by atoms with E-state index in [0.29, 0.717) is 0 Å². The van der Waals surface area contributed by atoms with Gasteiger partial charge in [-0.15, -0.1) is 0 Å². The maximum atomic E-state index is 11.9. The SMILES string of the molecule is COc1cc([N+](=O)[O-])ccc1NC(=O)COC(=O)COc1ccccc1[N+](=O)[O-]. The van der Waals surface area contributed by atoms with Gasteiger partial charge in [-0.3, -0.25) is 25.0 Å². The van der Waals surface area contributed by atoms with E-state index in [-0.39, 0.29) is 28.6 Å². The van der Waals surface area contributed by atoms with Crippen LogP contribution >= 0.6 is 0 Å². The average Bonchev–Trinajstić information content (AvgIpc) is 2.70. The molecule has 0 saturated heterocycles. The smallest absolute Gasteiger partial charge is 0.344 e. The molecule has 1 N–H and O–H groups in total. The number of nitro groups is 2. The zero-order chi connectivity index (χ0) is 21.4. The number of non-ortho nitro benzene ring substituents is 1. The van der Waals surface area contributed by atoms with Crippen LogP contribution in [0.25, 0.3) is 0 Å². The molecule has 0 fully saturated rings. The average molecular weight is 405 g/mol. The summed E-state index contributed by atoms with van der Waals surface area (Å²) in [5, 5.41) is 24.0. The van der Waals surface area contributed by atoms with Crippen molar-refractivity contribution in [1.29, 1.82) is 0 Å². The number of carbonyl (C=O) groups is 2. The van der Waals surface area contributed by atoms with Crippen molar-refractivity contribution in [3.63, 3.8) is 0 Å². The third kappa shape index (κ3) is 5.89. The summed E-state index contributed by atoms with van der Waals surface area (Å²) >= 11 is 0. The number of hydrogen-bond acceptors (Lipinski definition) is 9. The first-order valence-electron chi connectivity index (χ1n) is 7.96. The van der Waals surface area contributed by atoms with Crippen LogP contribution in [0.15, 0.2) is 42.5 Å². The summed E-state index contributed by atoms with van der Waals surface area (Å²) < 4.78 is 14.8. The number of ether oxygens (including phenoxy) is 3. The minimum absolute atomic E-state index is 0.0543. The number of nitrogens with zero attached hydrogens (tertiary/aromatic N) is 2. The molecule has 1 amide bonds. The van der Waals surface area contributed by atoms with Gasteiger partial charge in [-0.25, -0.2) is 4.79 Å². The molecule has 0 spiro atoms. The lowest BCUT2D eigenvalue weighted by Crippen LogP contribution is -2.24. The number of hydrogen-bond donors (Lipinski definition) is 1. The Labute approximate surface area is 163 Å². The fraction of sp³-hybridized carbons (Fsp3) is 0.176. The second-order valence-electron chi connectivity index (χ2n) is 5.36. The number of amides is 1. The molecule has 12 heteroatoms. The maximum absolute atomic E-state index is 11.9. The van der Waals surface area contributed by atoms with Gasteiger partial charge < -0.3 is 19.5 Å². The third-order valence-corrected chi connectivity index (χ3v) is 3.44. The Hall–Kier alpha value is -4.22. The van der Waals surface area contributed by atoms with Crippen LogP contribution in [-0.4, -0.2) is 42.0 Å². The first-order valence-corrected chi connectivity index (χ1v) is 7.96. The molecular weight excluding hydrogens is 390 g/mol. The van der Waals surface area contributed by atoms with Crippen LogP contribution in [-0.2, 0) is 14.3 Å². The fourth-order valence-electron chi connectivity index (χ4n) is 2.14. The van der Waals surface area contributed by atoms with E-state index in [1.54, 1.807) is 0 Å². The highest BCUT2D eigenvalue weighted by Gasteiger charge is 2.17. The normalized spacial score (nSPS) is 9.97. The molecule has 2 aromatic carbocycles. The van der Waals surface area contributed by atoms with E-state index in [2.05, 4.69) is 5.32 Å². The molecule has 2 rings (SSSR count). The number of carbonyl (C=O) groups excluding carboxylic acids is 2. The number of benzene rings is 2. The van der Waals surface area contributed by atoms with E-state index >= 15 is 0 Å². The van der Waals surface area contributed by atoms with Gasteiger partial charge in [-0.1, -0.05) is 12.1 Å². The summed E-state index contributed by atoms with van der Waals surface area (Å²) in [4.78, 5) is 44.0. The summed E-state index contributed by atoms with van der Waals surface area (Å²) in [7, 11) is 1.27. The largest absolute Gasteiger partial charge is 0.494 e. The van der Waals surface area contributed by atoms with Crippen LogP contribution in [0.3, 0.4) is 0 Å². The predicted octanol–water partition coefficient (Wildman–Crippen LogP) is 2.07. The molecule has 0 saturated carbocycles. The first-order chi connectivity index (χ1) is 13.8. The van der Waals surface area contributed by atoms with E-state index in [1.807, 2.05) is 0 Å². The highest BCUT2D eigenvalue weighted by molar-refractivity contribution is 5.94. The lowest BCUT2D eigenvalue weighted by atomic mass is 10.2. The number of rotatable bonds is 9. The lowest BCUT2D eigenvalue weighted by molar-refractivity contribution is -0.385. The standard InChI is InChI=1S/C17H15N3O9/c1-27-15-8-11(19(23)24)6-7-12(15)18-16(21)9-29-17(22)10-28-14-5-3-2-4-13(14)20(25)26/h2-8H,9-10H2,1H3,(H,18,21). The molecular formula is C17H15N3O9. The number of nitro benzene ring substituents is 2. The van der Waals surface area contributed by atoms with Crippen LogP contribution in [0.1, 0.15) is 0 Å². The van der Waals surface area contributed by atoms with E-state index in [1.165, 1.54) is 43.5 Å². The van der Waals surface area contributed by atoms with Gasteiger partial charge in [0.2, 0.25) is 0 Å². The number of para-hydroxylation sites is 2. The third-order valence-electron chi connectivity index (χ3n) is 3.44. The van der Waals surface area contributed by atoms with Gasteiger partial charge in [0.05, 0.1) is 28.7 Å². The Balaban J connectivity index is 1.87. The minimum atomic E-state index is -0.922. The molecule has 2 aromatic rings. The highest BCUT2D eigenvalue weighted by atomic mass is 16.6. The quantitative estimate of drug-likeness (QED) is 0.374. The van der Waals surface area contributed by atoms with Gasteiger partial charge in [0.15, 0.2) is 19.0 Å². The molecule has 12 nitrogen and oxygen atoms in total. The summed E-state index contributed by atoms with van der Waals surface area (Å²) in [6.45, 7) is -1.31. The molecule has 0 unspecified atom stereocenters. The van der Waals surface area contributed by atoms with Crippen LogP contribution in [0.4, 0.5) is 17.1 Å². The first kappa shape index (κ1) is 21.1. The predicted molar refractivity (Wildman–Crippen MR) is 97.8 cm³/mol. The second-order valence-corrected chi connectivity index (χ2v) is 5.36. The van der Waals surface area contributed by atoms with E-state index in [4.69, 9.17) is 14.2 Å². The molecule has 0 aromatic heterocycles. The molecule has 0 aliphatic rings. The number of methoxy groups -OCH3 is 1. The molecule has 0 aliphatic carbocycles. The second kappa shape index (κ2) is 9.64. The fourth-order valence-corrected chi connectivity index (χ4v) is 2.14. The van der Waals surface area contributed by atoms with E-state index in [9.17, 15) is 29.8 Å². The topological polar surface area (TPSA) is 160 Å². The maximum Gasteiger partial charge on any atom is 0.344 e. The van der Waals surface area contributed by atoms with Crippen molar-refractivity contribution in [2.24, 2.45) is 0 Å². The zero-order valence-corrected chi connectivity index (χ0v) is 15.0. The Morgan fingerprint density at radius 2 is 1.72 bits per heavy atom. The van der Waals surface area contributed by atoms with E-state index < -0.39 is 34.9 Å². The van der Waals surface area contributed by atoms with Gasteiger partial charge in [-0.05, 0) is 12.1 Å². The number of nitrogens with one attached hydrogen (secondary N) is 1. The van der Waals surface area contributed by atoms with Crippen molar-refractivity contribution in [2.45, 2.75) is 0 Å². The van der Waals surface area contributed by atoms with Crippen molar-refractivity contribution in [3.05, 3.63) is 62.7 Å². The van der Waals surface area contributed by atoms with Crippen LogP contribution in [0, 0.1) is 20.2 Å². The Morgan fingerprint density at radius 3 is 2.38 bits per heavy atom. The molecule has 29 heavy (non-hydrogen) atoms. The lowest BCUT2D eigenvalue weighted by Gasteiger charge is -2.10. The summed E-state index contributed by atoms with van der Waals surface area (Å²) in [5.74, 6) is -1.71. The zero-order valence-electron chi connectivity index (χ0n) is 15.0. The van der Waals surface area contributed by atoms with Gasteiger partial charge in [0.1, 0.15) is 5.75 Å². The highest BCUT2D eigenvalue weighted by Crippen LogP contribution is 2.29. The number of esters is 1. The molecule has 0 atom stereocenters. The molecule has 0 heterocycles. The van der Waals surface area contributed by atoms with Crippen LogP contribution < -0.4 is 14.8 Å². The molecule has 0 aliphatic heterocycles. The number of anilines is 1. The Morgan fingerprint density at radius 1 is 1.00 bits per heavy atom. The van der Waals surface area contributed by atoms with Gasteiger partial charge in [0, 0.05) is 12.1 Å². The molecule has 152 valence electrons. The van der Waals surface area contributed by atoms with Crippen molar-refractivity contribution in [3.8, 4) is 11.5 Å². The van der Waals surface area contributed by atoms with Crippen LogP contribution in [0.5, 0.6) is 11.5 Å². The Kier molecular flexibility index (Phi) is 7.01. The van der Waals surface area contributed by atoms with Crippen LogP contribution in [0.2, 0.25) is 0 Å². The summed E-state index contributed by atoms with van der Waals surface area (Å²) in [6.07, 6.45) is 0. The molecule has 0 bridgehead atoms. The van der Waals surface area contributed by atoms with Crippen molar-refractivity contribution >= 4 is 28.9 Å². The summed E-state index contributed by atoms with van der Waals surface area (Å²) in [6, 6.07) is 9.05. The van der Waals surface area contributed by atoms with Gasteiger partial charge in [-0.2, -0.15) is 0 Å². The summed E-state index contributed by atoms with van der Waals surface area (Å²) in [5.41, 5.74) is -0.392. The van der Waals surface area contributed by atoms with Gasteiger partial charge >= 0.3 is 11.7 Å². The monoisotopic (exact) mass is 405 g/mol. The Bertz CT molecular complexity index is 945. The van der Waals surface area contributed by atoms with Crippen molar-refractivity contribution < 1.29 is 33.6 Å². The van der Waals surface area contributed by atoms with Gasteiger partial charge in [0.25, 0.3) is 11.6 Å². The van der Waals surface area contributed by atoms with Crippen molar-refractivity contribution in [1.82, 2.24) is 0 Å². The molecule has 0 radical (unpaired) electrons. The minimum Gasteiger partial charge on any atom is -0.494 e.